The Morgan fingerprint density at radius 1 is 1.31 bits per heavy atom. The van der Waals surface area contributed by atoms with Crippen molar-refractivity contribution in [2.24, 2.45) is 0 Å². The summed E-state index contributed by atoms with van der Waals surface area (Å²) in [7, 11) is 3.00. The lowest BCUT2D eigenvalue weighted by Gasteiger charge is -2.36. The van der Waals surface area contributed by atoms with Crippen LogP contribution in [0, 0.1) is 0 Å². The normalized spacial score (nSPS) is 21.3. The molecule has 29 heavy (non-hydrogen) atoms. The van der Waals surface area contributed by atoms with E-state index in [2.05, 4.69) is 10.2 Å². The van der Waals surface area contributed by atoms with Gasteiger partial charge in [0.25, 0.3) is 0 Å². The highest BCUT2D eigenvalue weighted by Gasteiger charge is 2.28. The van der Waals surface area contributed by atoms with Crippen LogP contribution in [0.4, 0.5) is 0 Å². The molecule has 1 heterocycles. The highest BCUT2D eigenvalue weighted by molar-refractivity contribution is 7.98. The lowest BCUT2D eigenvalue weighted by Crippen LogP contribution is -2.44. The molecule has 1 aromatic carbocycles. The van der Waals surface area contributed by atoms with Crippen LogP contribution < -0.4 is 10.1 Å². The molecule has 7 nitrogen and oxygen atoms in total. The Hall–Kier alpha value is -1.32. The first-order valence-corrected chi connectivity index (χ1v) is 11.2. The fourth-order valence-electron chi connectivity index (χ4n) is 3.16. The minimum Gasteiger partial charge on any atom is -0.494 e. The summed E-state index contributed by atoms with van der Waals surface area (Å²) in [5.74, 6) is 0.903. The molecule has 0 aromatic heterocycles. The number of hydrogen-bond donors (Lipinski definition) is 3. The summed E-state index contributed by atoms with van der Waals surface area (Å²) in [6, 6.07) is 8.26. The third-order valence-electron chi connectivity index (χ3n) is 4.75. The topological polar surface area (TPSA) is 91.3 Å². The van der Waals surface area contributed by atoms with Crippen LogP contribution in [-0.2, 0) is 9.53 Å². The molecule has 1 saturated heterocycles. The van der Waals surface area contributed by atoms with Crippen molar-refractivity contribution < 1.29 is 24.5 Å². The van der Waals surface area contributed by atoms with Gasteiger partial charge >= 0.3 is 0 Å². The van der Waals surface area contributed by atoms with E-state index in [9.17, 15) is 9.90 Å². The van der Waals surface area contributed by atoms with Gasteiger partial charge in [0.05, 0.1) is 12.7 Å². The molecule has 0 aliphatic carbocycles. The number of ether oxygens (including phenoxy) is 2. The van der Waals surface area contributed by atoms with Crippen LogP contribution in [0.25, 0.3) is 0 Å². The van der Waals surface area contributed by atoms with Gasteiger partial charge in [-0.3, -0.25) is 4.79 Å². The Bertz CT molecular complexity index is 563. The van der Waals surface area contributed by atoms with Crippen molar-refractivity contribution in [1.82, 2.24) is 10.2 Å². The van der Waals surface area contributed by atoms with Gasteiger partial charge in [0.15, 0.2) is 6.29 Å². The molecule has 0 radical (unpaired) electrons. The first-order chi connectivity index (χ1) is 14.0. The average Bonchev–Trinajstić information content (AvgIpc) is 2.73. The molecule has 0 bridgehead atoms. The highest BCUT2D eigenvalue weighted by atomic mass is 32.2. The Balaban J connectivity index is 0.00000204. The number of carbonyl (C=O) groups excluding carboxylic acids is 1. The number of carbonyl (C=O) groups is 1. The standard InChI is InChI=1S/C20H32N2O4S.CH4O/c1-15-13-16(14-20(24)26-15)22(2)11-9-19(23)21-10-4-12-25-17-5-7-18(27-3)8-6-17;1-2/h5-8,15-16,20,24H,4,9-14H2,1-3H3,(H,21,23);2H,1H3. The maximum Gasteiger partial charge on any atom is 0.221 e. The zero-order valence-electron chi connectivity index (χ0n) is 18.0. The molecule has 166 valence electrons. The molecule has 1 aliphatic heterocycles. The lowest BCUT2D eigenvalue weighted by atomic mass is 10.0. The minimum atomic E-state index is -0.702. The number of hydrogen-bond acceptors (Lipinski definition) is 7. The van der Waals surface area contributed by atoms with Gasteiger partial charge < -0.3 is 29.9 Å². The number of amides is 1. The van der Waals surface area contributed by atoms with Gasteiger partial charge in [-0.25, -0.2) is 0 Å². The summed E-state index contributed by atoms with van der Waals surface area (Å²) in [4.78, 5) is 15.4. The van der Waals surface area contributed by atoms with E-state index in [1.54, 1.807) is 11.8 Å². The Morgan fingerprint density at radius 2 is 2.00 bits per heavy atom. The average molecular weight is 429 g/mol. The maximum absolute atomic E-state index is 12.0. The number of nitrogens with zero attached hydrogens (tertiary/aromatic N) is 1. The van der Waals surface area contributed by atoms with Crippen molar-refractivity contribution in [2.45, 2.75) is 55.9 Å². The van der Waals surface area contributed by atoms with E-state index in [0.717, 1.165) is 25.7 Å². The summed E-state index contributed by atoms with van der Waals surface area (Å²) in [6.45, 7) is 3.83. The van der Waals surface area contributed by atoms with E-state index in [0.29, 0.717) is 32.5 Å². The number of nitrogens with one attached hydrogen (secondary N) is 1. The number of aliphatic hydroxyl groups is 2. The third kappa shape index (κ3) is 10.3. The number of rotatable bonds is 10. The molecule has 1 amide bonds. The van der Waals surface area contributed by atoms with Gasteiger partial charge in [-0.1, -0.05) is 0 Å². The van der Waals surface area contributed by atoms with Crippen LogP contribution in [0.5, 0.6) is 5.75 Å². The van der Waals surface area contributed by atoms with Crippen LogP contribution in [0.1, 0.15) is 32.6 Å². The molecule has 3 N–H and O–H groups in total. The van der Waals surface area contributed by atoms with Gasteiger partial charge in [0.1, 0.15) is 5.75 Å². The van der Waals surface area contributed by atoms with Crippen molar-refractivity contribution in [2.75, 3.05) is 40.1 Å². The quantitative estimate of drug-likeness (QED) is 0.388. The summed E-state index contributed by atoms with van der Waals surface area (Å²) in [5, 5.41) is 19.7. The molecular weight excluding hydrogens is 392 g/mol. The first kappa shape index (κ1) is 25.7. The van der Waals surface area contributed by atoms with Gasteiger partial charge in [-0.2, -0.15) is 0 Å². The molecule has 3 atom stereocenters. The van der Waals surface area contributed by atoms with E-state index in [4.69, 9.17) is 14.6 Å². The summed E-state index contributed by atoms with van der Waals surface area (Å²) >= 11 is 1.70. The van der Waals surface area contributed by atoms with E-state index in [-0.39, 0.29) is 18.1 Å². The monoisotopic (exact) mass is 428 g/mol. The lowest BCUT2D eigenvalue weighted by molar-refractivity contribution is -0.173. The summed E-state index contributed by atoms with van der Waals surface area (Å²) in [6.07, 6.45) is 4.09. The molecule has 1 aromatic rings. The molecule has 1 aliphatic rings. The third-order valence-corrected chi connectivity index (χ3v) is 5.50. The molecule has 3 unspecified atom stereocenters. The van der Waals surface area contributed by atoms with Gasteiger partial charge in [0.2, 0.25) is 5.91 Å². The predicted octanol–water partition coefficient (Wildman–Crippen LogP) is 2.11. The molecule has 0 saturated carbocycles. The molecule has 2 rings (SSSR count). The molecule has 8 heteroatoms. The minimum absolute atomic E-state index is 0.0480. The second kappa shape index (κ2) is 14.6. The Kier molecular flexibility index (Phi) is 13.0. The van der Waals surface area contributed by atoms with Crippen LogP contribution in [0.2, 0.25) is 0 Å². The van der Waals surface area contributed by atoms with E-state index in [1.807, 2.05) is 44.5 Å². The van der Waals surface area contributed by atoms with Crippen molar-refractivity contribution in [3.8, 4) is 5.75 Å². The first-order valence-electron chi connectivity index (χ1n) is 10.00. The van der Waals surface area contributed by atoms with Gasteiger partial charge in [-0.05, 0) is 57.3 Å². The van der Waals surface area contributed by atoms with Crippen molar-refractivity contribution in [3.05, 3.63) is 24.3 Å². The maximum atomic E-state index is 12.0. The van der Waals surface area contributed by atoms with Crippen molar-refractivity contribution in [3.63, 3.8) is 0 Å². The fraction of sp³-hybridized carbons (Fsp3) is 0.667. The van der Waals surface area contributed by atoms with Crippen LogP contribution in [0.15, 0.2) is 29.2 Å². The zero-order valence-corrected chi connectivity index (χ0v) is 18.8. The van der Waals surface area contributed by atoms with Crippen LogP contribution in [0.3, 0.4) is 0 Å². The van der Waals surface area contributed by atoms with Crippen molar-refractivity contribution >= 4 is 17.7 Å². The number of benzene rings is 1. The van der Waals surface area contributed by atoms with E-state index in [1.165, 1.54) is 4.90 Å². The smallest absolute Gasteiger partial charge is 0.221 e. The second-order valence-corrected chi connectivity index (χ2v) is 7.86. The largest absolute Gasteiger partial charge is 0.494 e. The predicted molar refractivity (Wildman–Crippen MR) is 116 cm³/mol. The highest BCUT2D eigenvalue weighted by Crippen LogP contribution is 2.22. The number of thioether (sulfide) groups is 1. The van der Waals surface area contributed by atoms with Gasteiger partial charge in [-0.15, -0.1) is 11.8 Å². The van der Waals surface area contributed by atoms with Crippen LogP contribution >= 0.6 is 11.8 Å². The fourth-order valence-corrected chi connectivity index (χ4v) is 3.57. The zero-order chi connectivity index (χ0) is 21.6. The molecular formula is C21H36N2O5S. The van der Waals surface area contributed by atoms with Gasteiger partial charge in [0, 0.05) is 44.0 Å². The van der Waals surface area contributed by atoms with E-state index < -0.39 is 6.29 Å². The second-order valence-electron chi connectivity index (χ2n) is 6.98. The Labute approximate surface area is 178 Å². The molecule has 0 spiro atoms. The summed E-state index contributed by atoms with van der Waals surface area (Å²) < 4.78 is 11.0. The van der Waals surface area contributed by atoms with Crippen molar-refractivity contribution in [1.29, 1.82) is 0 Å². The SMILES string of the molecule is CO.CSc1ccc(OCCCNC(=O)CCN(C)C2CC(C)OC(O)C2)cc1. The summed E-state index contributed by atoms with van der Waals surface area (Å²) in [5.41, 5.74) is 0. The van der Waals surface area contributed by atoms with E-state index >= 15 is 0 Å². The molecule has 1 fully saturated rings. The number of aliphatic hydroxyl groups excluding tert-OH is 2. The Morgan fingerprint density at radius 3 is 2.62 bits per heavy atom. The van der Waals surface area contributed by atoms with Crippen LogP contribution in [-0.4, -0.2) is 79.6 Å².